The summed E-state index contributed by atoms with van der Waals surface area (Å²) in [6, 6.07) is 5.45. The van der Waals surface area contributed by atoms with Crippen molar-refractivity contribution in [3.63, 3.8) is 0 Å². The smallest absolute Gasteiger partial charge is 0.0992 e. The van der Waals surface area contributed by atoms with E-state index >= 15 is 0 Å². The van der Waals surface area contributed by atoms with Gasteiger partial charge in [-0.3, -0.25) is 4.98 Å². The maximum atomic E-state index is 8.60. The van der Waals surface area contributed by atoms with Crippen molar-refractivity contribution in [1.29, 1.82) is 5.26 Å². The van der Waals surface area contributed by atoms with Crippen LogP contribution in [0.5, 0.6) is 0 Å². The maximum absolute atomic E-state index is 8.60. The monoisotopic (exact) mass is 162 g/mol. The molecule has 0 aliphatic rings. The first-order valence-corrected chi connectivity index (χ1v) is 3.66. The van der Waals surface area contributed by atoms with E-state index in [1.165, 1.54) is 0 Å². The Morgan fingerprint density at radius 1 is 1.67 bits per heavy atom. The summed E-state index contributed by atoms with van der Waals surface area (Å²) in [6.07, 6.45) is 1.56. The van der Waals surface area contributed by atoms with Gasteiger partial charge >= 0.3 is 0 Å². The zero-order valence-corrected chi connectivity index (χ0v) is 7.11. The van der Waals surface area contributed by atoms with Crippen LogP contribution in [0.15, 0.2) is 18.3 Å². The molecule has 0 aliphatic heterocycles. The number of nitriles is 1. The Balaban J connectivity index is 2.95. The van der Waals surface area contributed by atoms with Crippen LogP contribution in [0.25, 0.3) is 0 Å². The van der Waals surface area contributed by atoms with Gasteiger partial charge in [0.2, 0.25) is 0 Å². The first kappa shape index (κ1) is 8.69. The van der Waals surface area contributed by atoms with Gasteiger partial charge in [-0.05, 0) is 19.1 Å². The molecule has 12 heavy (non-hydrogen) atoms. The van der Waals surface area contributed by atoms with Gasteiger partial charge in [-0.25, -0.2) is 0 Å². The van der Waals surface area contributed by atoms with E-state index in [-0.39, 0.29) is 6.10 Å². The van der Waals surface area contributed by atoms with Gasteiger partial charge in [0, 0.05) is 13.3 Å². The number of methoxy groups -OCH3 is 1. The number of aromatic nitrogens is 1. The van der Waals surface area contributed by atoms with Crippen LogP contribution >= 0.6 is 0 Å². The van der Waals surface area contributed by atoms with Crippen LogP contribution in [-0.4, -0.2) is 12.1 Å². The molecular formula is C9H10N2O. The van der Waals surface area contributed by atoms with Gasteiger partial charge in [-0.15, -0.1) is 0 Å². The molecule has 1 aromatic heterocycles. The molecule has 1 atom stereocenters. The summed E-state index contributed by atoms with van der Waals surface area (Å²) in [6.45, 7) is 1.89. The highest BCUT2D eigenvalue weighted by Gasteiger charge is 2.04. The second-order valence-corrected chi connectivity index (χ2v) is 2.46. The second-order valence-electron chi connectivity index (χ2n) is 2.46. The lowest BCUT2D eigenvalue weighted by atomic mass is 10.2. The van der Waals surface area contributed by atoms with Gasteiger partial charge in [0.1, 0.15) is 0 Å². The van der Waals surface area contributed by atoms with Crippen molar-refractivity contribution in [2.24, 2.45) is 0 Å². The van der Waals surface area contributed by atoms with Gasteiger partial charge in [0.05, 0.1) is 23.4 Å². The van der Waals surface area contributed by atoms with Crippen LogP contribution in [0.4, 0.5) is 0 Å². The van der Waals surface area contributed by atoms with Gasteiger partial charge in [-0.2, -0.15) is 5.26 Å². The molecule has 0 amide bonds. The molecule has 0 bridgehead atoms. The van der Waals surface area contributed by atoms with Crippen LogP contribution in [-0.2, 0) is 4.74 Å². The van der Waals surface area contributed by atoms with Crippen LogP contribution in [0.3, 0.4) is 0 Å². The molecule has 1 heterocycles. The fraction of sp³-hybridized carbons (Fsp3) is 0.333. The molecule has 0 spiro atoms. The fourth-order valence-corrected chi connectivity index (χ4v) is 0.861. The van der Waals surface area contributed by atoms with Crippen molar-refractivity contribution >= 4 is 0 Å². The van der Waals surface area contributed by atoms with Gasteiger partial charge in [0.15, 0.2) is 0 Å². The molecule has 1 unspecified atom stereocenters. The lowest BCUT2D eigenvalue weighted by Gasteiger charge is -2.07. The zero-order valence-electron chi connectivity index (χ0n) is 7.11. The largest absolute Gasteiger partial charge is 0.375 e. The maximum Gasteiger partial charge on any atom is 0.0992 e. The molecule has 0 saturated heterocycles. The third kappa shape index (κ3) is 1.80. The number of ether oxygens (including phenoxy) is 1. The fourth-order valence-electron chi connectivity index (χ4n) is 0.861. The third-order valence-electron chi connectivity index (χ3n) is 1.68. The van der Waals surface area contributed by atoms with Crippen LogP contribution in [0.2, 0.25) is 0 Å². The van der Waals surface area contributed by atoms with E-state index in [9.17, 15) is 0 Å². The van der Waals surface area contributed by atoms with E-state index in [1.54, 1.807) is 25.4 Å². The normalized spacial score (nSPS) is 12.1. The lowest BCUT2D eigenvalue weighted by molar-refractivity contribution is 0.116. The Hall–Kier alpha value is -1.40. The standard InChI is InChI=1S/C9H10N2O/c1-7(12-2)9-5-8(6-10)3-4-11-9/h3-5,7H,1-2H3. The molecule has 0 fully saturated rings. The van der Waals surface area contributed by atoms with Crippen molar-refractivity contribution in [2.45, 2.75) is 13.0 Å². The van der Waals surface area contributed by atoms with E-state index in [2.05, 4.69) is 11.1 Å². The summed E-state index contributed by atoms with van der Waals surface area (Å²) < 4.78 is 5.06. The molecule has 0 aliphatic carbocycles. The van der Waals surface area contributed by atoms with Crippen LogP contribution < -0.4 is 0 Å². The van der Waals surface area contributed by atoms with Crippen LogP contribution in [0.1, 0.15) is 24.3 Å². The summed E-state index contributed by atoms with van der Waals surface area (Å²) in [4.78, 5) is 4.08. The quantitative estimate of drug-likeness (QED) is 0.664. The molecule has 3 heteroatoms. The van der Waals surface area contributed by atoms with E-state index < -0.39 is 0 Å². The Morgan fingerprint density at radius 2 is 2.42 bits per heavy atom. The van der Waals surface area contributed by atoms with Crippen molar-refractivity contribution in [3.8, 4) is 6.07 Å². The molecule has 0 radical (unpaired) electrons. The van der Waals surface area contributed by atoms with Gasteiger partial charge in [0.25, 0.3) is 0 Å². The highest BCUT2D eigenvalue weighted by molar-refractivity contribution is 5.29. The number of hydrogen-bond acceptors (Lipinski definition) is 3. The molecule has 62 valence electrons. The minimum absolute atomic E-state index is 0.0571. The second kappa shape index (κ2) is 3.84. The minimum atomic E-state index is -0.0571. The SMILES string of the molecule is COC(C)c1cc(C#N)ccn1. The van der Waals surface area contributed by atoms with Crippen LogP contribution in [0, 0.1) is 11.3 Å². The van der Waals surface area contributed by atoms with Gasteiger partial charge in [-0.1, -0.05) is 0 Å². The molecule has 0 saturated carbocycles. The van der Waals surface area contributed by atoms with E-state index in [0.29, 0.717) is 5.56 Å². The summed E-state index contributed by atoms with van der Waals surface area (Å²) in [5, 5.41) is 8.60. The van der Waals surface area contributed by atoms with Crippen molar-refractivity contribution in [3.05, 3.63) is 29.6 Å². The summed E-state index contributed by atoms with van der Waals surface area (Å²) >= 11 is 0. The van der Waals surface area contributed by atoms with E-state index in [4.69, 9.17) is 10.00 Å². The molecule has 1 aromatic rings. The third-order valence-corrected chi connectivity index (χ3v) is 1.68. The number of nitrogens with zero attached hydrogens (tertiary/aromatic N) is 2. The van der Waals surface area contributed by atoms with E-state index in [1.807, 2.05) is 6.92 Å². The summed E-state index contributed by atoms with van der Waals surface area (Å²) in [5.41, 5.74) is 1.40. The molecule has 0 aromatic carbocycles. The summed E-state index contributed by atoms with van der Waals surface area (Å²) in [5.74, 6) is 0. The summed E-state index contributed by atoms with van der Waals surface area (Å²) in [7, 11) is 1.62. The zero-order chi connectivity index (χ0) is 8.97. The Bertz CT molecular complexity index is 304. The average Bonchev–Trinajstić information content (AvgIpc) is 2.17. The minimum Gasteiger partial charge on any atom is -0.375 e. The average molecular weight is 162 g/mol. The highest BCUT2D eigenvalue weighted by atomic mass is 16.5. The van der Waals surface area contributed by atoms with Crippen molar-refractivity contribution < 1.29 is 4.74 Å². The topological polar surface area (TPSA) is 45.9 Å². The first-order valence-electron chi connectivity index (χ1n) is 3.66. The lowest BCUT2D eigenvalue weighted by Crippen LogP contribution is -1.98. The molecule has 3 nitrogen and oxygen atoms in total. The number of hydrogen-bond donors (Lipinski definition) is 0. The van der Waals surface area contributed by atoms with Gasteiger partial charge < -0.3 is 4.74 Å². The Kier molecular flexibility index (Phi) is 2.78. The molecule has 0 N–H and O–H groups in total. The predicted molar refractivity (Wildman–Crippen MR) is 44.4 cm³/mol. The van der Waals surface area contributed by atoms with E-state index in [0.717, 1.165) is 5.69 Å². The predicted octanol–water partition coefficient (Wildman–Crippen LogP) is 1.66. The van der Waals surface area contributed by atoms with Crippen molar-refractivity contribution in [1.82, 2.24) is 4.98 Å². The Labute approximate surface area is 71.6 Å². The Morgan fingerprint density at radius 3 is 3.00 bits per heavy atom. The molecule has 1 rings (SSSR count). The highest BCUT2D eigenvalue weighted by Crippen LogP contribution is 2.13. The molecular weight excluding hydrogens is 152 g/mol. The van der Waals surface area contributed by atoms with Crippen molar-refractivity contribution in [2.75, 3.05) is 7.11 Å². The number of rotatable bonds is 2. The first-order chi connectivity index (χ1) is 5.77. The number of pyridine rings is 1.